The van der Waals surface area contributed by atoms with Gasteiger partial charge in [-0.2, -0.15) is 0 Å². The van der Waals surface area contributed by atoms with Crippen molar-refractivity contribution >= 4 is 15.7 Å². The minimum absolute atomic E-state index is 0.263. The van der Waals surface area contributed by atoms with Gasteiger partial charge in [0.25, 0.3) is 0 Å². The van der Waals surface area contributed by atoms with Crippen LogP contribution in [-0.2, 0) is 10.0 Å². The number of nitrogens with two attached hydrogens (primary N) is 1. The van der Waals surface area contributed by atoms with Crippen LogP contribution in [0.1, 0.15) is 26.7 Å². The number of hydrogen-bond acceptors (Lipinski definition) is 4. The highest BCUT2D eigenvalue weighted by atomic mass is 32.2. The van der Waals surface area contributed by atoms with E-state index >= 15 is 0 Å². The summed E-state index contributed by atoms with van der Waals surface area (Å²) in [4.78, 5) is 2.59. The fraction of sp³-hybridized carbons (Fsp3) is 0.600. The molecule has 0 aromatic heterocycles. The third-order valence-electron chi connectivity index (χ3n) is 4.03. The lowest BCUT2D eigenvalue weighted by atomic mass is 9.94. The SMILES string of the molecule is CCCNS(=O)(=O)c1ccc(N2CCC(N)C(C)C2)cc1. The number of nitrogens with one attached hydrogen (secondary N) is 1. The van der Waals surface area contributed by atoms with E-state index in [1.807, 2.05) is 19.1 Å². The zero-order valence-electron chi connectivity index (χ0n) is 12.7. The summed E-state index contributed by atoms with van der Waals surface area (Å²) in [6, 6.07) is 7.37. The summed E-state index contributed by atoms with van der Waals surface area (Å²) < 4.78 is 26.6. The molecule has 0 bridgehead atoms. The van der Waals surface area contributed by atoms with Crippen molar-refractivity contribution < 1.29 is 8.42 Å². The zero-order valence-corrected chi connectivity index (χ0v) is 13.6. The first kappa shape index (κ1) is 16.3. The zero-order chi connectivity index (χ0) is 15.5. The maximum Gasteiger partial charge on any atom is 0.240 e. The number of nitrogens with zero attached hydrogens (tertiary/aromatic N) is 1. The molecule has 2 rings (SSSR count). The minimum atomic E-state index is -3.38. The van der Waals surface area contributed by atoms with Crippen molar-refractivity contribution in [1.82, 2.24) is 4.72 Å². The van der Waals surface area contributed by atoms with Crippen LogP contribution in [-0.4, -0.2) is 34.1 Å². The van der Waals surface area contributed by atoms with Crippen molar-refractivity contribution in [1.29, 1.82) is 0 Å². The molecule has 0 amide bonds. The van der Waals surface area contributed by atoms with E-state index in [4.69, 9.17) is 5.73 Å². The van der Waals surface area contributed by atoms with Crippen LogP contribution in [0.15, 0.2) is 29.2 Å². The molecule has 0 saturated carbocycles. The van der Waals surface area contributed by atoms with E-state index in [-0.39, 0.29) is 6.04 Å². The largest absolute Gasteiger partial charge is 0.371 e. The predicted molar refractivity (Wildman–Crippen MR) is 85.9 cm³/mol. The molecule has 0 aliphatic carbocycles. The van der Waals surface area contributed by atoms with Gasteiger partial charge < -0.3 is 10.6 Å². The molecule has 1 saturated heterocycles. The van der Waals surface area contributed by atoms with E-state index in [0.29, 0.717) is 17.4 Å². The van der Waals surface area contributed by atoms with E-state index in [9.17, 15) is 8.42 Å². The summed E-state index contributed by atoms with van der Waals surface area (Å²) in [5.74, 6) is 0.452. The van der Waals surface area contributed by atoms with Crippen LogP contribution in [0.2, 0.25) is 0 Å². The quantitative estimate of drug-likeness (QED) is 0.865. The van der Waals surface area contributed by atoms with Crippen molar-refractivity contribution in [3.63, 3.8) is 0 Å². The van der Waals surface area contributed by atoms with Crippen LogP contribution >= 0.6 is 0 Å². The molecule has 118 valence electrons. The van der Waals surface area contributed by atoms with E-state index < -0.39 is 10.0 Å². The van der Waals surface area contributed by atoms with Gasteiger partial charge in [0.15, 0.2) is 0 Å². The maximum atomic E-state index is 12.0. The topological polar surface area (TPSA) is 75.4 Å². The molecule has 1 aromatic carbocycles. The van der Waals surface area contributed by atoms with Gasteiger partial charge >= 0.3 is 0 Å². The molecule has 1 aliphatic heterocycles. The normalized spacial score (nSPS) is 23.3. The molecule has 0 spiro atoms. The summed E-state index contributed by atoms with van der Waals surface area (Å²) in [6.07, 6.45) is 1.75. The molecule has 1 heterocycles. The molecule has 1 aromatic rings. The summed E-state index contributed by atoms with van der Waals surface area (Å²) in [5.41, 5.74) is 7.09. The second kappa shape index (κ2) is 6.77. The van der Waals surface area contributed by atoms with Crippen LogP contribution in [0.5, 0.6) is 0 Å². The molecule has 5 nitrogen and oxygen atoms in total. The van der Waals surface area contributed by atoms with Crippen molar-refractivity contribution in [2.75, 3.05) is 24.5 Å². The Hall–Kier alpha value is -1.11. The Morgan fingerprint density at radius 1 is 1.33 bits per heavy atom. The van der Waals surface area contributed by atoms with Gasteiger partial charge in [-0.3, -0.25) is 0 Å². The Labute approximate surface area is 127 Å². The van der Waals surface area contributed by atoms with E-state index in [2.05, 4.69) is 16.5 Å². The second-order valence-electron chi connectivity index (χ2n) is 5.77. The molecule has 2 unspecified atom stereocenters. The molecule has 21 heavy (non-hydrogen) atoms. The number of benzene rings is 1. The standard InChI is InChI=1S/C15H25N3O2S/c1-3-9-17-21(19,20)14-6-4-13(5-7-14)18-10-8-15(16)12(2)11-18/h4-7,12,15,17H,3,8-11,16H2,1-2H3. The smallest absolute Gasteiger partial charge is 0.240 e. The molecular weight excluding hydrogens is 286 g/mol. The highest BCUT2D eigenvalue weighted by Gasteiger charge is 2.23. The highest BCUT2D eigenvalue weighted by Crippen LogP contribution is 2.23. The minimum Gasteiger partial charge on any atom is -0.371 e. The Morgan fingerprint density at radius 3 is 2.57 bits per heavy atom. The Balaban J connectivity index is 2.09. The van der Waals surface area contributed by atoms with Crippen molar-refractivity contribution in [3.05, 3.63) is 24.3 Å². The van der Waals surface area contributed by atoms with Gasteiger partial charge in [0.05, 0.1) is 4.90 Å². The molecular formula is C15H25N3O2S. The summed E-state index contributed by atoms with van der Waals surface area (Å²) in [6.45, 7) is 6.40. The third kappa shape index (κ3) is 3.96. The summed E-state index contributed by atoms with van der Waals surface area (Å²) in [7, 11) is -3.38. The van der Waals surface area contributed by atoms with Gasteiger partial charge in [-0.1, -0.05) is 13.8 Å². The highest BCUT2D eigenvalue weighted by molar-refractivity contribution is 7.89. The average Bonchev–Trinajstić information content (AvgIpc) is 2.48. The maximum absolute atomic E-state index is 12.0. The lowest BCUT2D eigenvalue weighted by molar-refractivity contribution is 0.383. The van der Waals surface area contributed by atoms with Crippen LogP contribution in [0.4, 0.5) is 5.69 Å². The van der Waals surface area contributed by atoms with E-state index in [1.54, 1.807) is 12.1 Å². The van der Waals surface area contributed by atoms with Gasteiger partial charge in [0.2, 0.25) is 10.0 Å². The second-order valence-corrected chi connectivity index (χ2v) is 7.53. The Kier molecular flexibility index (Phi) is 5.24. The van der Waals surface area contributed by atoms with Crippen molar-refractivity contribution in [2.45, 2.75) is 37.6 Å². The average molecular weight is 311 g/mol. The first-order chi connectivity index (χ1) is 9.94. The fourth-order valence-electron chi connectivity index (χ4n) is 2.55. The number of hydrogen-bond donors (Lipinski definition) is 2. The number of piperidine rings is 1. The van der Waals surface area contributed by atoms with E-state index in [0.717, 1.165) is 31.6 Å². The van der Waals surface area contributed by atoms with Gasteiger partial charge in [0.1, 0.15) is 0 Å². The number of rotatable bonds is 5. The molecule has 2 atom stereocenters. The lowest BCUT2D eigenvalue weighted by Gasteiger charge is -2.36. The Morgan fingerprint density at radius 2 is 2.00 bits per heavy atom. The lowest BCUT2D eigenvalue weighted by Crippen LogP contribution is -2.45. The number of sulfonamides is 1. The van der Waals surface area contributed by atoms with E-state index in [1.165, 1.54) is 0 Å². The van der Waals surface area contributed by atoms with Crippen LogP contribution < -0.4 is 15.4 Å². The van der Waals surface area contributed by atoms with Gasteiger partial charge in [-0.15, -0.1) is 0 Å². The molecule has 1 fully saturated rings. The van der Waals surface area contributed by atoms with Gasteiger partial charge in [0, 0.05) is 31.4 Å². The van der Waals surface area contributed by atoms with Crippen LogP contribution in [0.3, 0.4) is 0 Å². The third-order valence-corrected chi connectivity index (χ3v) is 5.50. The molecule has 1 aliphatic rings. The molecule has 0 radical (unpaired) electrons. The van der Waals surface area contributed by atoms with Gasteiger partial charge in [-0.25, -0.2) is 13.1 Å². The fourth-order valence-corrected chi connectivity index (χ4v) is 3.69. The first-order valence-electron chi connectivity index (χ1n) is 7.54. The summed E-state index contributed by atoms with van der Waals surface area (Å²) >= 11 is 0. The Bertz CT molecular complexity index is 557. The van der Waals surface area contributed by atoms with Crippen LogP contribution in [0, 0.1) is 5.92 Å². The first-order valence-corrected chi connectivity index (χ1v) is 9.02. The van der Waals surface area contributed by atoms with Crippen molar-refractivity contribution in [2.24, 2.45) is 11.7 Å². The molecule has 3 N–H and O–H groups in total. The van der Waals surface area contributed by atoms with Crippen LogP contribution in [0.25, 0.3) is 0 Å². The molecule has 6 heteroatoms. The summed E-state index contributed by atoms with van der Waals surface area (Å²) in [5, 5.41) is 0. The van der Waals surface area contributed by atoms with Crippen molar-refractivity contribution in [3.8, 4) is 0 Å². The monoisotopic (exact) mass is 311 g/mol. The van der Waals surface area contributed by atoms with Gasteiger partial charge in [-0.05, 0) is 43.0 Å². The predicted octanol–water partition coefficient (Wildman–Crippen LogP) is 1.55. The number of anilines is 1.